The van der Waals surface area contributed by atoms with Gasteiger partial charge in [0.15, 0.2) is 0 Å². The molecule has 1 aromatic heterocycles. The summed E-state index contributed by atoms with van der Waals surface area (Å²) in [5.41, 5.74) is 6.57. The average molecular weight is 260 g/mol. The predicted molar refractivity (Wildman–Crippen MR) is 80.8 cm³/mol. The van der Waals surface area contributed by atoms with Crippen LogP contribution >= 0.6 is 0 Å². The summed E-state index contributed by atoms with van der Waals surface area (Å²) in [5, 5.41) is 13.7. The zero-order chi connectivity index (χ0) is 14.0. The van der Waals surface area contributed by atoms with E-state index in [1.54, 1.807) is 0 Å². The normalized spacial score (nSPS) is 13.1. The van der Waals surface area contributed by atoms with E-state index in [0.717, 1.165) is 13.0 Å². The maximum Gasteiger partial charge on any atom is 0.0581 e. The van der Waals surface area contributed by atoms with E-state index in [0.29, 0.717) is 0 Å². The molecule has 19 heavy (non-hydrogen) atoms. The van der Waals surface area contributed by atoms with Gasteiger partial charge < -0.3 is 15.4 Å². The van der Waals surface area contributed by atoms with Gasteiger partial charge in [0.25, 0.3) is 0 Å². The van der Waals surface area contributed by atoms with Crippen molar-refractivity contribution in [3.8, 4) is 0 Å². The van der Waals surface area contributed by atoms with Crippen LogP contribution in [0.3, 0.4) is 0 Å². The van der Waals surface area contributed by atoms with Gasteiger partial charge >= 0.3 is 0 Å². The van der Waals surface area contributed by atoms with Gasteiger partial charge in [0.05, 0.1) is 6.61 Å². The van der Waals surface area contributed by atoms with E-state index >= 15 is 0 Å². The summed E-state index contributed by atoms with van der Waals surface area (Å²) in [7, 11) is 0. The van der Waals surface area contributed by atoms with E-state index in [-0.39, 0.29) is 12.6 Å². The van der Waals surface area contributed by atoms with E-state index in [1.807, 2.05) is 6.92 Å². The highest BCUT2D eigenvalue weighted by Crippen LogP contribution is 2.26. The number of fused-ring (bicyclic) bond motifs is 1. The van der Waals surface area contributed by atoms with Crippen LogP contribution in [0.2, 0.25) is 0 Å². The molecule has 1 aromatic carbocycles. The Bertz CT molecular complexity index is 572. The highest BCUT2D eigenvalue weighted by molar-refractivity contribution is 5.88. The topological polar surface area (TPSA) is 48.0 Å². The van der Waals surface area contributed by atoms with Gasteiger partial charge in [-0.1, -0.05) is 12.1 Å². The number of nitrogens with one attached hydrogen (secondary N) is 2. The third kappa shape index (κ3) is 2.82. The molecule has 0 bridgehead atoms. The lowest BCUT2D eigenvalue weighted by molar-refractivity contribution is 0.252. The molecule has 3 heteroatoms. The summed E-state index contributed by atoms with van der Waals surface area (Å²) < 4.78 is 0. The van der Waals surface area contributed by atoms with Crippen molar-refractivity contribution in [2.24, 2.45) is 0 Å². The second kappa shape index (κ2) is 5.76. The average Bonchev–Trinajstić information content (AvgIpc) is 2.71. The van der Waals surface area contributed by atoms with Gasteiger partial charge in [0, 0.05) is 22.6 Å². The van der Waals surface area contributed by atoms with Gasteiger partial charge in [-0.25, -0.2) is 0 Å². The minimum atomic E-state index is 0.162. The number of aryl methyl sites for hydroxylation is 3. The highest BCUT2D eigenvalue weighted by Gasteiger charge is 2.11. The molecular weight excluding hydrogens is 236 g/mol. The van der Waals surface area contributed by atoms with Gasteiger partial charge in [-0.15, -0.1) is 0 Å². The fourth-order valence-corrected chi connectivity index (χ4v) is 2.52. The standard InChI is InChI=1S/C16H24N2O/c1-10-5-6-15-14(7-8-17-11(2)9-19)13(4)18-16(15)12(10)3/h5-6,11,17-19H,7-9H2,1-4H3. The van der Waals surface area contributed by atoms with Crippen LogP contribution in [0.15, 0.2) is 12.1 Å². The molecule has 0 saturated heterocycles. The zero-order valence-electron chi connectivity index (χ0n) is 12.3. The van der Waals surface area contributed by atoms with Crippen LogP contribution in [-0.4, -0.2) is 29.3 Å². The highest BCUT2D eigenvalue weighted by atomic mass is 16.3. The molecule has 0 aliphatic heterocycles. The van der Waals surface area contributed by atoms with Crippen molar-refractivity contribution in [3.63, 3.8) is 0 Å². The Hall–Kier alpha value is -1.32. The number of hydrogen-bond acceptors (Lipinski definition) is 2. The van der Waals surface area contributed by atoms with Crippen molar-refractivity contribution >= 4 is 10.9 Å². The van der Waals surface area contributed by atoms with Crippen molar-refractivity contribution in [2.75, 3.05) is 13.2 Å². The minimum absolute atomic E-state index is 0.162. The summed E-state index contributed by atoms with van der Waals surface area (Å²) in [5.74, 6) is 0. The fraction of sp³-hybridized carbons (Fsp3) is 0.500. The van der Waals surface area contributed by atoms with Crippen LogP contribution in [0.25, 0.3) is 10.9 Å². The summed E-state index contributed by atoms with van der Waals surface area (Å²) in [4.78, 5) is 3.51. The maximum absolute atomic E-state index is 9.02. The van der Waals surface area contributed by atoms with Crippen LogP contribution in [0, 0.1) is 20.8 Å². The molecule has 1 unspecified atom stereocenters. The fourth-order valence-electron chi connectivity index (χ4n) is 2.52. The Morgan fingerprint density at radius 2 is 2.00 bits per heavy atom. The lowest BCUT2D eigenvalue weighted by atomic mass is 10.0. The number of H-pyrrole nitrogens is 1. The Balaban J connectivity index is 2.24. The van der Waals surface area contributed by atoms with Gasteiger partial charge in [-0.3, -0.25) is 0 Å². The largest absolute Gasteiger partial charge is 0.395 e. The van der Waals surface area contributed by atoms with Crippen LogP contribution in [-0.2, 0) is 6.42 Å². The molecule has 3 nitrogen and oxygen atoms in total. The summed E-state index contributed by atoms with van der Waals surface area (Å²) in [6.45, 7) is 9.53. The molecule has 3 N–H and O–H groups in total. The van der Waals surface area contributed by atoms with Crippen LogP contribution in [0.5, 0.6) is 0 Å². The van der Waals surface area contributed by atoms with E-state index in [9.17, 15) is 0 Å². The SMILES string of the molecule is Cc1ccc2c(CCNC(C)CO)c(C)[nH]c2c1C. The van der Waals surface area contributed by atoms with E-state index < -0.39 is 0 Å². The Labute approximate surface area is 115 Å². The third-order valence-electron chi connectivity index (χ3n) is 3.97. The smallest absolute Gasteiger partial charge is 0.0581 e. The molecule has 0 aliphatic rings. The second-order valence-corrected chi connectivity index (χ2v) is 5.45. The number of hydrogen-bond donors (Lipinski definition) is 3. The molecule has 0 spiro atoms. The van der Waals surface area contributed by atoms with E-state index in [1.165, 1.54) is 33.3 Å². The molecule has 0 aliphatic carbocycles. The second-order valence-electron chi connectivity index (χ2n) is 5.45. The van der Waals surface area contributed by atoms with E-state index in [4.69, 9.17) is 5.11 Å². The first kappa shape index (κ1) is 14.1. The Morgan fingerprint density at radius 3 is 2.68 bits per heavy atom. The molecule has 2 aromatic rings. The number of rotatable bonds is 5. The maximum atomic E-state index is 9.02. The summed E-state index contributed by atoms with van der Waals surface area (Å²) in [6.07, 6.45) is 0.985. The predicted octanol–water partition coefficient (Wildman–Crippen LogP) is 2.61. The molecule has 0 saturated carbocycles. The van der Waals surface area contributed by atoms with Crippen molar-refractivity contribution in [1.29, 1.82) is 0 Å². The summed E-state index contributed by atoms with van der Waals surface area (Å²) in [6, 6.07) is 4.57. The van der Waals surface area contributed by atoms with Crippen molar-refractivity contribution < 1.29 is 5.11 Å². The molecule has 1 atom stereocenters. The molecule has 0 amide bonds. The number of benzene rings is 1. The van der Waals surface area contributed by atoms with Gasteiger partial charge in [-0.2, -0.15) is 0 Å². The summed E-state index contributed by atoms with van der Waals surface area (Å²) >= 11 is 0. The molecular formula is C16H24N2O. The lowest BCUT2D eigenvalue weighted by Crippen LogP contribution is -2.31. The quantitative estimate of drug-likeness (QED) is 0.774. The van der Waals surface area contributed by atoms with Crippen molar-refractivity contribution in [2.45, 2.75) is 40.2 Å². The number of aliphatic hydroxyl groups excluding tert-OH is 1. The van der Waals surface area contributed by atoms with Crippen molar-refractivity contribution in [3.05, 3.63) is 34.5 Å². The molecule has 0 radical (unpaired) electrons. The zero-order valence-corrected chi connectivity index (χ0v) is 12.3. The third-order valence-corrected chi connectivity index (χ3v) is 3.97. The molecule has 0 fully saturated rings. The van der Waals surface area contributed by atoms with Gasteiger partial charge in [0.2, 0.25) is 0 Å². The number of aromatic nitrogens is 1. The Kier molecular flexibility index (Phi) is 4.27. The molecule has 104 valence electrons. The first-order chi connectivity index (χ1) is 9.04. The first-order valence-corrected chi connectivity index (χ1v) is 6.96. The monoisotopic (exact) mass is 260 g/mol. The lowest BCUT2D eigenvalue weighted by Gasteiger charge is -2.10. The van der Waals surface area contributed by atoms with Crippen LogP contribution < -0.4 is 5.32 Å². The first-order valence-electron chi connectivity index (χ1n) is 6.96. The number of aliphatic hydroxyl groups is 1. The Morgan fingerprint density at radius 1 is 1.26 bits per heavy atom. The molecule has 1 heterocycles. The van der Waals surface area contributed by atoms with Crippen molar-refractivity contribution in [1.82, 2.24) is 10.3 Å². The van der Waals surface area contributed by atoms with Crippen LogP contribution in [0.4, 0.5) is 0 Å². The van der Waals surface area contributed by atoms with Gasteiger partial charge in [-0.05, 0) is 57.4 Å². The molecule has 2 rings (SSSR count). The van der Waals surface area contributed by atoms with Crippen LogP contribution in [0.1, 0.15) is 29.3 Å². The minimum Gasteiger partial charge on any atom is -0.395 e. The van der Waals surface area contributed by atoms with E-state index in [2.05, 4.69) is 43.2 Å². The number of aromatic amines is 1. The van der Waals surface area contributed by atoms with Gasteiger partial charge in [0.1, 0.15) is 0 Å².